The van der Waals surface area contributed by atoms with E-state index >= 15 is 0 Å². The molecule has 0 heterocycles. The Morgan fingerprint density at radius 3 is 2.29 bits per heavy atom. The van der Waals surface area contributed by atoms with Gasteiger partial charge in [-0.25, -0.2) is 9.59 Å². The van der Waals surface area contributed by atoms with Crippen LogP contribution in [-0.4, -0.2) is 46.4 Å². The third-order valence-electron chi connectivity index (χ3n) is 3.68. The van der Waals surface area contributed by atoms with E-state index in [1.165, 1.54) is 0 Å². The number of alkyl halides is 3. The fraction of sp³-hybridized carbons (Fsp3) is 0.833. The molecule has 1 aliphatic rings. The molecule has 0 saturated heterocycles. The number of halogens is 3. The van der Waals surface area contributed by atoms with Gasteiger partial charge in [0.1, 0.15) is 0 Å². The van der Waals surface area contributed by atoms with Crippen molar-refractivity contribution in [1.29, 1.82) is 0 Å². The summed E-state index contributed by atoms with van der Waals surface area (Å²) in [6, 6.07) is -1.36. The van der Waals surface area contributed by atoms with Gasteiger partial charge < -0.3 is 15.7 Å². The van der Waals surface area contributed by atoms with Gasteiger partial charge in [-0.15, -0.1) is 0 Å². The number of nitrogens with one attached hydrogen (secondary N) is 2. The van der Waals surface area contributed by atoms with Crippen molar-refractivity contribution in [3.8, 4) is 0 Å². The zero-order chi connectivity index (χ0) is 16.3. The van der Waals surface area contributed by atoms with Gasteiger partial charge >= 0.3 is 18.2 Å². The lowest BCUT2D eigenvalue weighted by molar-refractivity contribution is -0.203. The SMILES string of the molecule is CSC1CCCCC1NC(=O)NC(C)(C(=O)O)C(F)(F)F. The highest BCUT2D eigenvalue weighted by atomic mass is 32.2. The fourth-order valence-electron chi connectivity index (χ4n) is 2.22. The molecule has 5 nitrogen and oxygen atoms in total. The van der Waals surface area contributed by atoms with E-state index in [2.05, 4.69) is 5.32 Å². The second-order valence-electron chi connectivity index (χ2n) is 5.19. The van der Waals surface area contributed by atoms with Gasteiger partial charge in [0.25, 0.3) is 0 Å². The Hall–Kier alpha value is -1.12. The van der Waals surface area contributed by atoms with Gasteiger partial charge in [-0.3, -0.25) is 0 Å². The molecule has 3 atom stereocenters. The Labute approximate surface area is 125 Å². The normalized spacial score (nSPS) is 25.8. The summed E-state index contributed by atoms with van der Waals surface area (Å²) in [6.45, 7) is 0.432. The first kappa shape index (κ1) is 17.9. The summed E-state index contributed by atoms with van der Waals surface area (Å²) in [5, 5.41) is 12.9. The Morgan fingerprint density at radius 1 is 1.24 bits per heavy atom. The van der Waals surface area contributed by atoms with Crippen LogP contribution in [0.5, 0.6) is 0 Å². The Balaban J connectivity index is 2.73. The highest BCUT2D eigenvalue weighted by Gasteiger charge is 2.58. The maximum absolute atomic E-state index is 12.8. The lowest BCUT2D eigenvalue weighted by atomic mass is 9.95. The number of hydrogen-bond acceptors (Lipinski definition) is 3. The van der Waals surface area contributed by atoms with Crippen molar-refractivity contribution < 1.29 is 27.9 Å². The lowest BCUT2D eigenvalue weighted by Crippen LogP contribution is -2.64. The molecule has 0 aliphatic heterocycles. The first-order chi connectivity index (χ1) is 9.61. The highest BCUT2D eigenvalue weighted by molar-refractivity contribution is 7.99. The number of urea groups is 1. The molecule has 1 aliphatic carbocycles. The Kier molecular flexibility index (Phi) is 5.77. The van der Waals surface area contributed by atoms with Crippen molar-refractivity contribution in [1.82, 2.24) is 10.6 Å². The van der Waals surface area contributed by atoms with Crippen molar-refractivity contribution in [2.45, 2.75) is 55.6 Å². The summed E-state index contributed by atoms with van der Waals surface area (Å²) >= 11 is 1.54. The summed E-state index contributed by atoms with van der Waals surface area (Å²) in [7, 11) is 0. The van der Waals surface area contributed by atoms with Crippen LogP contribution in [0, 0.1) is 0 Å². The molecule has 0 aromatic heterocycles. The molecule has 0 aromatic carbocycles. The van der Waals surface area contributed by atoms with Crippen molar-refractivity contribution in [2.75, 3.05) is 6.26 Å². The molecular formula is C12H19F3N2O3S. The van der Waals surface area contributed by atoms with Gasteiger partial charge in [-0.05, 0) is 26.0 Å². The predicted octanol–water partition coefficient (Wildman–Crippen LogP) is 2.37. The Bertz CT molecular complexity index is 406. The third-order valence-corrected chi connectivity index (χ3v) is 4.85. The molecule has 9 heteroatoms. The molecule has 1 fully saturated rings. The largest absolute Gasteiger partial charge is 0.479 e. The van der Waals surface area contributed by atoms with Crippen LogP contribution in [0.25, 0.3) is 0 Å². The van der Waals surface area contributed by atoms with Crippen LogP contribution in [0.1, 0.15) is 32.6 Å². The molecule has 2 amide bonds. The van der Waals surface area contributed by atoms with Crippen LogP contribution in [0.3, 0.4) is 0 Å². The van der Waals surface area contributed by atoms with Crippen LogP contribution in [0.4, 0.5) is 18.0 Å². The van der Waals surface area contributed by atoms with E-state index in [4.69, 9.17) is 5.11 Å². The van der Waals surface area contributed by atoms with Crippen molar-refractivity contribution >= 4 is 23.8 Å². The van der Waals surface area contributed by atoms with Crippen LogP contribution >= 0.6 is 11.8 Å². The quantitative estimate of drug-likeness (QED) is 0.740. The van der Waals surface area contributed by atoms with Gasteiger partial charge in [0, 0.05) is 11.3 Å². The van der Waals surface area contributed by atoms with Gasteiger partial charge in [0.15, 0.2) is 0 Å². The maximum Gasteiger partial charge on any atom is 0.422 e. The number of rotatable bonds is 4. The number of carboxylic acids is 1. The van der Waals surface area contributed by atoms with E-state index < -0.39 is 23.7 Å². The zero-order valence-electron chi connectivity index (χ0n) is 11.8. The number of amides is 2. The van der Waals surface area contributed by atoms with Gasteiger partial charge in [0.05, 0.1) is 0 Å². The van der Waals surface area contributed by atoms with E-state index in [1.54, 1.807) is 17.1 Å². The summed E-state index contributed by atoms with van der Waals surface area (Å²) < 4.78 is 38.4. The average Bonchev–Trinajstić information content (AvgIpc) is 2.37. The number of hydrogen-bond donors (Lipinski definition) is 3. The van der Waals surface area contributed by atoms with E-state index in [-0.39, 0.29) is 11.3 Å². The fourth-order valence-corrected chi connectivity index (χ4v) is 3.16. The second kappa shape index (κ2) is 6.76. The van der Waals surface area contributed by atoms with E-state index in [1.807, 2.05) is 6.26 Å². The minimum Gasteiger partial charge on any atom is -0.479 e. The van der Waals surface area contributed by atoms with Gasteiger partial charge in [-0.2, -0.15) is 24.9 Å². The summed E-state index contributed by atoms with van der Waals surface area (Å²) in [6.07, 6.45) is 0.246. The van der Waals surface area contributed by atoms with Gasteiger partial charge in [-0.1, -0.05) is 12.8 Å². The number of carbonyl (C=O) groups is 2. The molecule has 0 spiro atoms. The second-order valence-corrected chi connectivity index (χ2v) is 6.27. The zero-order valence-corrected chi connectivity index (χ0v) is 12.6. The minimum absolute atomic E-state index is 0.131. The summed E-state index contributed by atoms with van der Waals surface area (Å²) in [4.78, 5) is 22.6. The number of carboxylic acid groups (broad SMARTS) is 1. The summed E-state index contributed by atoms with van der Waals surface area (Å²) in [5.41, 5.74) is -3.30. The molecule has 0 radical (unpaired) electrons. The standard InChI is InChI=1S/C12H19F3N2O3S/c1-11(9(18)19,12(13,14)15)17-10(20)16-7-5-3-4-6-8(7)21-2/h7-8H,3-6H2,1-2H3,(H,18,19)(H2,16,17,20). The lowest BCUT2D eigenvalue weighted by Gasteiger charge is -2.33. The minimum atomic E-state index is -5.08. The van der Waals surface area contributed by atoms with Crippen LogP contribution in [-0.2, 0) is 4.79 Å². The smallest absolute Gasteiger partial charge is 0.422 e. The van der Waals surface area contributed by atoms with Crippen LogP contribution in [0.2, 0.25) is 0 Å². The molecule has 3 unspecified atom stereocenters. The van der Waals surface area contributed by atoms with Crippen LogP contribution in [0.15, 0.2) is 0 Å². The first-order valence-corrected chi connectivity index (χ1v) is 7.82. The Morgan fingerprint density at radius 2 is 1.81 bits per heavy atom. The molecule has 3 N–H and O–H groups in total. The highest BCUT2D eigenvalue weighted by Crippen LogP contribution is 2.31. The monoisotopic (exact) mass is 328 g/mol. The van der Waals surface area contributed by atoms with E-state index in [0.29, 0.717) is 13.3 Å². The molecule has 0 bridgehead atoms. The predicted molar refractivity (Wildman–Crippen MR) is 73.3 cm³/mol. The molecule has 1 saturated carbocycles. The molecule has 21 heavy (non-hydrogen) atoms. The van der Waals surface area contributed by atoms with Crippen molar-refractivity contribution in [2.24, 2.45) is 0 Å². The maximum atomic E-state index is 12.8. The number of carbonyl (C=O) groups excluding carboxylic acids is 1. The van der Waals surface area contributed by atoms with Gasteiger partial charge in [0.2, 0.25) is 5.54 Å². The first-order valence-electron chi connectivity index (χ1n) is 6.53. The molecular weight excluding hydrogens is 309 g/mol. The van der Waals surface area contributed by atoms with Crippen molar-refractivity contribution in [3.05, 3.63) is 0 Å². The average molecular weight is 328 g/mol. The molecule has 1 rings (SSSR count). The number of thioether (sulfide) groups is 1. The van der Waals surface area contributed by atoms with Crippen LogP contribution < -0.4 is 10.6 Å². The van der Waals surface area contributed by atoms with E-state index in [0.717, 1.165) is 19.3 Å². The topological polar surface area (TPSA) is 78.4 Å². The molecule has 122 valence electrons. The third kappa shape index (κ3) is 4.18. The number of aliphatic carboxylic acids is 1. The van der Waals surface area contributed by atoms with Crippen molar-refractivity contribution in [3.63, 3.8) is 0 Å². The summed E-state index contributed by atoms with van der Waals surface area (Å²) in [5.74, 6) is -2.14. The molecule has 0 aromatic rings. The van der Waals surface area contributed by atoms with E-state index in [9.17, 15) is 22.8 Å².